The number of aromatic hydroxyl groups is 3. The number of hydrogen-bond donors (Lipinski definition) is 3. The molecule has 5 nitrogen and oxygen atoms in total. The minimum Gasteiger partial charge on any atom is -0.508 e. The van der Waals surface area contributed by atoms with Gasteiger partial charge >= 0.3 is 0 Å². The van der Waals surface area contributed by atoms with Gasteiger partial charge in [-0.05, 0) is 30.3 Å². The fraction of sp³-hybridized carbons (Fsp3) is 0. The molecule has 1 aliphatic rings. The number of phenolic OH excluding ortho intramolecular Hbond substituents is 3. The molecule has 3 rings (SSSR count). The third kappa shape index (κ3) is 1.41. The van der Waals surface area contributed by atoms with Gasteiger partial charge in [0, 0.05) is 16.7 Å². The van der Waals surface area contributed by atoms with E-state index in [0.717, 1.165) is 6.07 Å². The molecule has 94 valence electrons. The minimum atomic E-state index is -0.602. The molecule has 1 aliphatic carbocycles. The van der Waals surface area contributed by atoms with Crippen LogP contribution >= 0.6 is 0 Å². The summed E-state index contributed by atoms with van der Waals surface area (Å²) in [5.74, 6) is -2.21. The second-order valence-corrected chi connectivity index (χ2v) is 4.24. The molecule has 0 atom stereocenters. The van der Waals surface area contributed by atoms with E-state index in [1.54, 1.807) is 0 Å². The van der Waals surface area contributed by atoms with Crippen molar-refractivity contribution in [3.05, 3.63) is 52.6 Å². The highest BCUT2D eigenvalue weighted by atomic mass is 16.3. The molecule has 0 amide bonds. The van der Waals surface area contributed by atoms with Crippen LogP contribution in [0.2, 0.25) is 0 Å². The first-order valence-corrected chi connectivity index (χ1v) is 5.48. The molecule has 0 fully saturated rings. The molecule has 0 aliphatic heterocycles. The van der Waals surface area contributed by atoms with Gasteiger partial charge in [-0.15, -0.1) is 0 Å². The molecular formula is C14H8O5. The Bertz CT molecular complexity index is 746. The van der Waals surface area contributed by atoms with Crippen molar-refractivity contribution in [2.45, 2.75) is 0 Å². The lowest BCUT2D eigenvalue weighted by molar-refractivity contribution is 0.0976. The number of carbonyl (C=O) groups excluding carboxylic acids is 2. The number of benzene rings is 2. The van der Waals surface area contributed by atoms with Gasteiger partial charge in [-0.1, -0.05) is 0 Å². The fourth-order valence-corrected chi connectivity index (χ4v) is 2.20. The van der Waals surface area contributed by atoms with Gasteiger partial charge in [0.1, 0.15) is 5.75 Å². The van der Waals surface area contributed by atoms with Crippen molar-refractivity contribution in [2.75, 3.05) is 0 Å². The Morgan fingerprint density at radius 2 is 1.42 bits per heavy atom. The Kier molecular flexibility index (Phi) is 2.13. The van der Waals surface area contributed by atoms with Crippen molar-refractivity contribution >= 4 is 11.6 Å². The fourth-order valence-electron chi connectivity index (χ4n) is 2.20. The molecule has 0 aromatic heterocycles. The van der Waals surface area contributed by atoms with E-state index < -0.39 is 23.1 Å². The largest absolute Gasteiger partial charge is 0.508 e. The molecule has 3 N–H and O–H groups in total. The number of rotatable bonds is 0. The second kappa shape index (κ2) is 3.58. The van der Waals surface area contributed by atoms with Crippen LogP contribution in [0.4, 0.5) is 0 Å². The SMILES string of the molecule is O=C1c2cc(O)ccc2C(=O)c2c1ccc(O)c2O. The summed E-state index contributed by atoms with van der Waals surface area (Å²) in [5, 5.41) is 28.5. The van der Waals surface area contributed by atoms with E-state index >= 15 is 0 Å². The monoisotopic (exact) mass is 256 g/mol. The summed E-state index contributed by atoms with van der Waals surface area (Å²) in [6.45, 7) is 0. The van der Waals surface area contributed by atoms with Gasteiger partial charge in [-0.3, -0.25) is 9.59 Å². The maximum absolute atomic E-state index is 12.2. The average Bonchev–Trinajstić information content (AvgIpc) is 2.39. The first kappa shape index (κ1) is 11.3. The van der Waals surface area contributed by atoms with Crippen LogP contribution in [0.1, 0.15) is 31.8 Å². The smallest absolute Gasteiger partial charge is 0.198 e. The quantitative estimate of drug-likeness (QED) is 0.531. The molecule has 0 bridgehead atoms. The summed E-state index contributed by atoms with van der Waals surface area (Å²) in [4.78, 5) is 24.4. The lowest BCUT2D eigenvalue weighted by Crippen LogP contribution is -2.20. The number of fused-ring (bicyclic) bond motifs is 2. The normalized spacial score (nSPS) is 13.1. The molecule has 5 heteroatoms. The summed E-state index contributed by atoms with van der Waals surface area (Å²) >= 11 is 0. The summed E-state index contributed by atoms with van der Waals surface area (Å²) < 4.78 is 0. The average molecular weight is 256 g/mol. The van der Waals surface area contributed by atoms with Gasteiger partial charge in [0.05, 0.1) is 5.56 Å². The first-order valence-electron chi connectivity index (χ1n) is 5.48. The number of ketones is 2. The summed E-state index contributed by atoms with van der Waals surface area (Å²) in [6.07, 6.45) is 0. The zero-order valence-corrected chi connectivity index (χ0v) is 9.54. The van der Waals surface area contributed by atoms with E-state index in [-0.39, 0.29) is 28.0 Å². The summed E-state index contributed by atoms with van der Waals surface area (Å²) in [6, 6.07) is 6.24. The molecule has 0 saturated heterocycles. The van der Waals surface area contributed by atoms with Crippen LogP contribution in [0.3, 0.4) is 0 Å². The highest BCUT2D eigenvalue weighted by Crippen LogP contribution is 2.38. The zero-order valence-electron chi connectivity index (χ0n) is 9.54. The Morgan fingerprint density at radius 1 is 0.737 bits per heavy atom. The van der Waals surface area contributed by atoms with E-state index in [1.165, 1.54) is 24.3 Å². The van der Waals surface area contributed by atoms with E-state index in [4.69, 9.17) is 0 Å². The zero-order chi connectivity index (χ0) is 13.7. The molecule has 2 aromatic carbocycles. The van der Waals surface area contributed by atoms with Gasteiger partial charge in [-0.25, -0.2) is 0 Å². The predicted molar refractivity (Wildman–Crippen MR) is 64.7 cm³/mol. The standard InChI is InChI=1S/C14H8O5/c15-6-1-2-7-9(5-6)12(17)8-3-4-10(16)14(19)11(8)13(7)18/h1-5,15-16,19H. The summed E-state index contributed by atoms with van der Waals surface area (Å²) in [5.41, 5.74) is -0.0135. The lowest BCUT2D eigenvalue weighted by Gasteiger charge is -2.18. The van der Waals surface area contributed by atoms with Gasteiger partial charge in [-0.2, -0.15) is 0 Å². The second-order valence-electron chi connectivity index (χ2n) is 4.24. The van der Waals surface area contributed by atoms with E-state index in [0.29, 0.717) is 0 Å². The predicted octanol–water partition coefficient (Wildman–Crippen LogP) is 1.58. The number of hydrogen-bond acceptors (Lipinski definition) is 5. The maximum atomic E-state index is 12.2. The van der Waals surface area contributed by atoms with Crippen LogP contribution in [-0.2, 0) is 0 Å². The third-order valence-corrected chi connectivity index (χ3v) is 3.12. The van der Waals surface area contributed by atoms with Crippen LogP contribution in [0.25, 0.3) is 0 Å². The van der Waals surface area contributed by atoms with Crippen LogP contribution in [-0.4, -0.2) is 26.9 Å². The highest BCUT2D eigenvalue weighted by molar-refractivity contribution is 6.29. The Hall–Kier alpha value is -2.82. The van der Waals surface area contributed by atoms with Crippen molar-refractivity contribution < 1.29 is 24.9 Å². The number of phenols is 3. The molecule has 0 radical (unpaired) electrons. The Balaban J connectivity index is 2.36. The molecular weight excluding hydrogens is 248 g/mol. The van der Waals surface area contributed by atoms with E-state index in [9.17, 15) is 24.9 Å². The Labute approximate surface area is 107 Å². The van der Waals surface area contributed by atoms with Crippen molar-refractivity contribution in [2.24, 2.45) is 0 Å². The molecule has 2 aromatic rings. The maximum Gasteiger partial charge on any atom is 0.198 e. The molecule has 0 spiro atoms. The summed E-state index contributed by atoms with van der Waals surface area (Å²) in [7, 11) is 0. The Morgan fingerprint density at radius 3 is 2.16 bits per heavy atom. The third-order valence-electron chi connectivity index (χ3n) is 3.12. The van der Waals surface area contributed by atoms with Crippen molar-refractivity contribution in [3.63, 3.8) is 0 Å². The van der Waals surface area contributed by atoms with Crippen LogP contribution in [0.5, 0.6) is 17.2 Å². The van der Waals surface area contributed by atoms with E-state index in [2.05, 4.69) is 0 Å². The topological polar surface area (TPSA) is 94.8 Å². The lowest BCUT2D eigenvalue weighted by atomic mass is 9.83. The van der Waals surface area contributed by atoms with Gasteiger partial charge in [0.15, 0.2) is 23.1 Å². The molecule has 0 heterocycles. The van der Waals surface area contributed by atoms with Crippen molar-refractivity contribution in [3.8, 4) is 17.2 Å². The van der Waals surface area contributed by atoms with Crippen LogP contribution in [0.15, 0.2) is 30.3 Å². The molecule has 19 heavy (non-hydrogen) atoms. The first-order chi connectivity index (χ1) is 9.00. The van der Waals surface area contributed by atoms with Crippen LogP contribution in [0, 0.1) is 0 Å². The number of carbonyl (C=O) groups is 2. The molecule has 0 unspecified atom stereocenters. The highest BCUT2D eigenvalue weighted by Gasteiger charge is 2.33. The van der Waals surface area contributed by atoms with Crippen molar-refractivity contribution in [1.82, 2.24) is 0 Å². The van der Waals surface area contributed by atoms with Crippen molar-refractivity contribution in [1.29, 1.82) is 0 Å². The minimum absolute atomic E-state index is 0.0124. The molecule has 0 saturated carbocycles. The van der Waals surface area contributed by atoms with Gasteiger partial charge in [0.2, 0.25) is 0 Å². The van der Waals surface area contributed by atoms with Gasteiger partial charge < -0.3 is 15.3 Å². The van der Waals surface area contributed by atoms with Crippen LogP contribution < -0.4 is 0 Å². The van der Waals surface area contributed by atoms with E-state index in [1.807, 2.05) is 0 Å². The van der Waals surface area contributed by atoms with Gasteiger partial charge in [0.25, 0.3) is 0 Å².